The van der Waals surface area contributed by atoms with Gasteiger partial charge < -0.3 is 0 Å². The van der Waals surface area contributed by atoms with Crippen molar-refractivity contribution in [3.05, 3.63) is 35.4 Å². The maximum Gasteiger partial charge on any atom is 0.0991 e. The first-order valence-electron chi connectivity index (χ1n) is 4.29. The van der Waals surface area contributed by atoms with Crippen LogP contribution in [0.2, 0.25) is 0 Å². The molecule has 0 aliphatic rings. The van der Waals surface area contributed by atoms with Crippen LogP contribution in [0.15, 0.2) is 24.3 Å². The molecule has 3 heteroatoms. The number of hydrogen-bond acceptors (Lipinski definition) is 3. The third-order valence-electron chi connectivity index (χ3n) is 1.87. The van der Waals surface area contributed by atoms with Crippen molar-refractivity contribution in [3.8, 4) is 6.07 Å². The van der Waals surface area contributed by atoms with E-state index in [9.17, 15) is 0 Å². The Bertz CT molecular complexity index is 284. The Labute approximate surface area is 78.1 Å². The van der Waals surface area contributed by atoms with E-state index in [1.165, 1.54) is 5.56 Å². The zero-order valence-electron chi connectivity index (χ0n) is 7.46. The Hall–Kier alpha value is -1.37. The van der Waals surface area contributed by atoms with E-state index in [0.29, 0.717) is 5.56 Å². The lowest BCUT2D eigenvalue weighted by atomic mass is 10.1. The second kappa shape index (κ2) is 5.31. The molecule has 0 saturated heterocycles. The number of nitrogens with two attached hydrogens (primary N) is 1. The van der Waals surface area contributed by atoms with Crippen LogP contribution in [-0.4, -0.2) is 6.54 Å². The minimum absolute atomic E-state index is 0.709. The fourth-order valence-electron chi connectivity index (χ4n) is 1.14. The van der Waals surface area contributed by atoms with Crippen LogP contribution in [0.25, 0.3) is 0 Å². The lowest BCUT2D eigenvalue weighted by molar-refractivity contribution is 0.680. The van der Waals surface area contributed by atoms with Crippen molar-refractivity contribution in [2.75, 3.05) is 6.54 Å². The number of hydrazine groups is 1. The lowest BCUT2D eigenvalue weighted by Crippen LogP contribution is -2.23. The largest absolute Gasteiger partial charge is 0.271 e. The van der Waals surface area contributed by atoms with Crippen molar-refractivity contribution < 1.29 is 0 Å². The number of rotatable bonds is 4. The molecule has 0 aliphatic carbocycles. The molecule has 3 N–H and O–H groups in total. The van der Waals surface area contributed by atoms with Gasteiger partial charge in [0, 0.05) is 6.54 Å². The van der Waals surface area contributed by atoms with Gasteiger partial charge in [-0.15, -0.1) is 0 Å². The molecule has 0 saturated carbocycles. The Kier molecular flexibility index (Phi) is 3.97. The summed E-state index contributed by atoms with van der Waals surface area (Å²) in [5, 5.41) is 8.57. The van der Waals surface area contributed by atoms with Crippen LogP contribution in [0, 0.1) is 11.3 Å². The summed E-state index contributed by atoms with van der Waals surface area (Å²) in [5.41, 5.74) is 4.56. The first-order valence-corrected chi connectivity index (χ1v) is 4.29. The normalized spacial score (nSPS) is 9.54. The van der Waals surface area contributed by atoms with Crippen molar-refractivity contribution in [2.45, 2.75) is 12.8 Å². The summed E-state index contributed by atoms with van der Waals surface area (Å²) < 4.78 is 0. The van der Waals surface area contributed by atoms with Crippen molar-refractivity contribution in [2.24, 2.45) is 5.84 Å². The molecule has 0 aromatic heterocycles. The van der Waals surface area contributed by atoms with Crippen LogP contribution >= 0.6 is 0 Å². The topological polar surface area (TPSA) is 61.8 Å². The zero-order valence-corrected chi connectivity index (χ0v) is 7.46. The summed E-state index contributed by atoms with van der Waals surface area (Å²) in [4.78, 5) is 0. The van der Waals surface area contributed by atoms with Crippen LogP contribution in [0.3, 0.4) is 0 Å². The van der Waals surface area contributed by atoms with E-state index in [-0.39, 0.29) is 0 Å². The second-order valence-electron chi connectivity index (χ2n) is 2.87. The average molecular weight is 175 g/mol. The smallest absolute Gasteiger partial charge is 0.0991 e. The van der Waals surface area contributed by atoms with Gasteiger partial charge in [0.15, 0.2) is 0 Å². The predicted octanol–water partition coefficient (Wildman–Crippen LogP) is 0.954. The van der Waals surface area contributed by atoms with Crippen LogP contribution in [-0.2, 0) is 6.42 Å². The number of hydrogen-bond donors (Lipinski definition) is 2. The summed E-state index contributed by atoms with van der Waals surface area (Å²) in [6, 6.07) is 9.73. The maximum atomic E-state index is 8.57. The number of nitrogens with zero attached hydrogens (tertiary/aromatic N) is 1. The molecule has 0 aliphatic heterocycles. The van der Waals surface area contributed by atoms with E-state index >= 15 is 0 Å². The minimum atomic E-state index is 0.709. The molecule has 0 unspecified atom stereocenters. The van der Waals surface area contributed by atoms with E-state index < -0.39 is 0 Å². The Morgan fingerprint density at radius 3 is 2.54 bits per heavy atom. The SMILES string of the molecule is N#Cc1ccc(CCCNN)cc1. The molecule has 1 aromatic carbocycles. The quantitative estimate of drug-likeness (QED) is 0.407. The van der Waals surface area contributed by atoms with E-state index in [4.69, 9.17) is 11.1 Å². The molecule has 13 heavy (non-hydrogen) atoms. The van der Waals surface area contributed by atoms with Crippen molar-refractivity contribution in [1.82, 2.24) is 5.43 Å². The summed E-state index contributed by atoms with van der Waals surface area (Å²) >= 11 is 0. The van der Waals surface area contributed by atoms with Gasteiger partial charge in [0.1, 0.15) is 0 Å². The van der Waals surface area contributed by atoms with Gasteiger partial charge in [-0.3, -0.25) is 11.3 Å². The number of benzene rings is 1. The summed E-state index contributed by atoms with van der Waals surface area (Å²) in [7, 11) is 0. The fourth-order valence-corrected chi connectivity index (χ4v) is 1.14. The highest BCUT2D eigenvalue weighted by Crippen LogP contribution is 2.05. The highest BCUT2D eigenvalue weighted by atomic mass is 15.2. The maximum absolute atomic E-state index is 8.57. The Morgan fingerprint density at radius 1 is 1.31 bits per heavy atom. The Balaban J connectivity index is 2.46. The molecule has 0 bridgehead atoms. The highest BCUT2D eigenvalue weighted by Gasteiger charge is 1.93. The van der Waals surface area contributed by atoms with Gasteiger partial charge in [0.25, 0.3) is 0 Å². The minimum Gasteiger partial charge on any atom is -0.271 e. The lowest BCUT2D eigenvalue weighted by Gasteiger charge is -2.00. The summed E-state index contributed by atoms with van der Waals surface area (Å²) in [6.07, 6.45) is 2.01. The van der Waals surface area contributed by atoms with Crippen molar-refractivity contribution in [3.63, 3.8) is 0 Å². The van der Waals surface area contributed by atoms with Gasteiger partial charge in [-0.05, 0) is 30.5 Å². The monoisotopic (exact) mass is 175 g/mol. The summed E-state index contributed by atoms with van der Waals surface area (Å²) in [5.74, 6) is 5.15. The standard InChI is InChI=1S/C10H13N3/c11-8-10-5-3-9(4-6-10)2-1-7-13-12/h3-6,13H,1-2,7,12H2. The molecule has 0 spiro atoms. The molecule has 0 radical (unpaired) electrons. The third kappa shape index (κ3) is 3.24. The molecular formula is C10H13N3. The molecule has 0 amide bonds. The molecule has 0 heterocycles. The van der Waals surface area contributed by atoms with E-state index in [2.05, 4.69) is 11.5 Å². The Morgan fingerprint density at radius 2 is 2.00 bits per heavy atom. The highest BCUT2D eigenvalue weighted by molar-refractivity contribution is 5.31. The van der Waals surface area contributed by atoms with Gasteiger partial charge in [-0.25, -0.2) is 0 Å². The fraction of sp³-hybridized carbons (Fsp3) is 0.300. The molecule has 1 rings (SSSR count). The number of nitrogens with one attached hydrogen (secondary N) is 1. The first kappa shape index (κ1) is 9.72. The molecular weight excluding hydrogens is 162 g/mol. The van der Waals surface area contributed by atoms with Crippen molar-refractivity contribution >= 4 is 0 Å². The zero-order chi connectivity index (χ0) is 9.52. The van der Waals surface area contributed by atoms with Crippen LogP contribution < -0.4 is 11.3 Å². The predicted molar refractivity (Wildman–Crippen MR) is 51.7 cm³/mol. The number of nitriles is 1. The van der Waals surface area contributed by atoms with E-state index in [1.807, 2.05) is 24.3 Å². The molecule has 68 valence electrons. The molecule has 1 aromatic rings. The van der Waals surface area contributed by atoms with E-state index in [1.54, 1.807) is 0 Å². The number of aryl methyl sites for hydroxylation is 1. The molecule has 0 atom stereocenters. The van der Waals surface area contributed by atoms with Crippen LogP contribution in [0.1, 0.15) is 17.5 Å². The van der Waals surface area contributed by atoms with Gasteiger partial charge in [0.05, 0.1) is 11.6 Å². The average Bonchev–Trinajstić information content (AvgIpc) is 2.19. The van der Waals surface area contributed by atoms with Gasteiger partial charge in [-0.2, -0.15) is 5.26 Å². The second-order valence-corrected chi connectivity index (χ2v) is 2.87. The van der Waals surface area contributed by atoms with Crippen LogP contribution in [0.4, 0.5) is 0 Å². The first-order chi connectivity index (χ1) is 6.36. The van der Waals surface area contributed by atoms with Crippen molar-refractivity contribution in [1.29, 1.82) is 5.26 Å². The van der Waals surface area contributed by atoms with E-state index in [0.717, 1.165) is 19.4 Å². The van der Waals surface area contributed by atoms with Gasteiger partial charge >= 0.3 is 0 Å². The van der Waals surface area contributed by atoms with Gasteiger partial charge in [0.2, 0.25) is 0 Å². The van der Waals surface area contributed by atoms with Crippen LogP contribution in [0.5, 0.6) is 0 Å². The summed E-state index contributed by atoms with van der Waals surface area (Å²) in [6.45, 7) is 0.819. The molecule has 0 fully saturated rings. The van der Waals surface area contributed by atoms with Gasteiger partial charge in [-0.1, -0.05) is 12.1 Å². The molecule has 3 nitrogen and oxygen atoms in total. The third-order valence-corrected chi connectivity index (χ3v) is 1.87.